The molecule has 2 aromatic carbocycles. The smallest absolute Gasteiger partial charge is 0.297 e. The minimum Gasteiger partial charge on any atom is -0.396 e. The Hall–Kier alpha value is -1.77. The molecular weight excluding hydrogens is 374 g/mol. The van der Waals surface area contributed by atoms with E-state index in [2.05, 4.69) is 0 Å². The van der Waals surface area contributed by atoms with Gasteiger partial charge < -0.3 is 5.73 Å². The number of nitrogens with two attached hydrogens (primary N) is 1. The summed E-state index contributed by atoms with van der Waals surface area (Å²) in [5.41, 5.74) is 4.40. The minimum atomic E-state index is -5.08. The molecule has 0 aliphatic rings. The fraction of sp³-hybridized carbons (Fsp3) is 0. The molecule has 2 rings (SSSR count). The zero-order valence-corrected chi connectivity index (χ0v) is 13.4. The number of fused-ring (bicyclic) bond motifs is 1. The van der Waals surface area contributed by atoms with E-state index in [1.165, 1.54) is 0 Å². The van der Waals surface area contributed by atoms with Gasteiger partial charge in [-0.25, -0.2) is 0 Å². The van der Waals surface area contributed by atoms with Crippen LogP contribution in [-0.2, 0) is 30.4 Å². The van der Waals surface area contributed by atoms with E-state index >= 15 is 0 Å². The average Bonchev–Trinajstić information content (AvgIpc) is 2.32. The van der Waals surface area contributed by atoms with Crippen LogP contribution in [0.5, 0.6) is 0 Å². The minimum absolute atomic E-state index is 0.451. The van der Waals surface area contributed by atoms with Crippen molar-refractivity contribution in [3.63, 3.8) is 0 Å². The van der Waals surface area contributed by atoms with Gasteiger partial charge in [0.25, 0.3) is 30.4 Å². The maximum absolute atomic E-state index is 11.5. The summed E-state index contributed by atoms with van der Waals surface area (Å²) < 4.78 is 95.9. The summed E-state index contributed by atoms with van der Waals surface area (Å²) in [4.78, 5) is -3.06. The third-order valence-corrected chi connectivity index (χ3v) is 5.67. The van der Waals surface area contributed by atoms with Crippen LogP contribution in [-0.4, -0.2) is 38.9 Å². The first-order valence-electron chi connectivity index (χ1n) is 5.52. The average molecular weight is 383 g/mol. The second-order valence-corrected chi connectivity index (χ2v) is 8.53. The largest absolute Gasteiger partial charge is 0.396 e. The molecule has 0 aliphatic carbocycles. The number of hydrogen-bond donors (Lipinski definition) is 4. The number of rotatable bonds is 3. The van der Waals surface area contributed by atoms with Gasteiger partial charge in [0.2, 0.25) is 0 Å². The van der Waals surface area contributed by atoms with Crippen molar-refractivity contribution in [2.24, 2.45) is 0 Å². The van der Waals surface area contributed by atoms with Crippen LogP contribution in [0.3, 0.4) is 0 Å². The molecule has 0 aliphatic heterocycles. The van der Waals surface area contributed by atoms with Crippen LogP contribution < -0.4 is 5.73 Å². The van der Waals surface area contributed by atoms with Crippen LogP contribution >= 0.6 is 0 Å². The summed E-state index contributed by atoms with van der Waals surface area (Å²) in [7, 11) is -15.0. The Morgan fingerprint density at radius 3 is 1.70 bits per heavy atom. The molecule has 126 valence electrons. The van der Waals surface area contributed by atoms with Gasteiger partial charge in [-0.05, 0) is 12.1 Å². The molecule has 2 aromatic rings. The molecule has 0 radical (unpaired) electrons. The fourth-order valence-electron chi connectivity index (χ4n) is 2.07. The molecule has 0 heterocycles. The lowest BCUT2D eigenvalue weighted by Crippen LogP contribution is -2.11. The lowest BCUT2D eigenvalue weighted by atomic mass is 10.1. The second-order valence-electron chi connectivity index (χ2n) is 4.39. The summed E-state index contributed by atoms with van der Waals surface area (Å²) in [5, 5.41) is -1.02. The van der Waals surface area contributed by atoms with Crippen molar-refractivity contribution in [3.8, 4) is 0 Å². The van der Waals surface area contributed by atoms with E-state index in [0.717, 1.165) is 18.2 Å². The molecule has 0 saturated carbocycles. The zero-order valence-electron chi connectivity index (χ0n) is 10.9. The molecular formula is C10H9NO9S3. The molecule has 23 heavy (non-hydrogen) atoms. The number of anilines is 1. The standard InChI is InChI=1S/C10H9NO9S3/c11-9-8(22(15,16)17)4-6-5(10(9)23(18,19)20)2-1-3-7(6)21(12,13)14/h1-4H,11H2,(H,12,13,14)(H,15,16,17)(H,18,19,20). The van der Waals surface area contributed by atoms with Gasteiger partial charge in [-0.2, -0.15) is 25.3 Å². The summed E-state index contributed by atoms with van der Waals surface area (Å²) in [6, 6.07) is 3.54. The van der Waals surface area contributed by atoms with Crippen molar-refractivity contribution >= 4 is 46.8 Å². The molecule has 0 fully saturated rings. The van der Waals surface area contributed by atoms with Gasteiger partial charge in [-0.15, -0.1) is 0 Å². The Morgan fingerprint density at radius 1 is 0.739 bits per heavy atom. The molecule has 0 saturated heterocycles. The lowest BCUT2D eigenvalue weighted by Gasteiger charge is -2.13. The zero-order chi connectivity index (χ0) is 17.8. The van der Waals surface area contributed by atoms with E-state index in [9.17, 15) is 29.8 Å². The normalized spacial score (nSPS) is 13.3. The predicted molar refractivity (Wildman–Crippen MR) is 77.8 cm³/mol. The summed E-state index contributed by atoms with van der Waals surface area (Å²) in [6.07, 6.45) is 0. The Balaban J connectivity index is 3.27. The van der Waals surface area contributed by atoms with E-state index in [1.54, 1.807) is 0 Å². The number of hydrogen-bond acceptors (Lipinski definition) is 7. The number of benzene rings is 2. The summed E-state index contributed by atoms with van der Waals surface area (Å²) in [6.45, 7) is 0. The van der Waals surface area contributed by atoms with Crippen molar-refractivity contribution in [3.05, 3.63) is 24.3 Å². The first-order valence-corrected chi connectivity index (χ1v) is 9.84. The maximum Gasteiger partial charge on any atom is 0.297 e. The van der Waals surface area contributed by atoms with Gasteiger partial charge in [0, 0.05) is 10.8 Å². The molecule has 13 heteroatoms. The highest BCUT2D eigenvalue weighted by Gasteiger charge is 2.28. The van der Waals surface area contributed by atoms with Gasteiger partial charge in [0.1, 0.15) is 14.7 Å². The molecule has 10 nitrogen and oxygen atoms in total. The number of nitrogen functional groups attached to an aromatic ring is 1. The fourth-order valence-corrected chi connectivity index (χ4v) is 4.33. The monoisotopic (exact) mass is 383 g/mol. The Bertz CT molecular complexity index is 1130. The predicted octanol–water partition coefficient (Wildman–Crippen LogP) is 0.162. The van der Waals surface area contributed by atoms with E-state index in [0.29, 0.717) is 6.07 Å². The molecule has 0 aromatic heterocycles. The molecule has 0 spiro atoms. The summed E-state index contributed by atoms with van der Waals surface area (Å²) in [5.74, 6) is 0. The third-order valence-electron chi connectivity index (χ3n) is 2.91. The van der Waals surface area contributed by atoms with Gasteiger partial charge >= 0.3 is 0 Å². The Morgan fingerprint density at radius 2 is 1.26 bits per heavy atom. The van der Waals surface area contributed by atoms with Crippen LogP contribution in [0.4, 0.5) is 5.69 Å². The van der Waals surface area contributed by atoms with Gasteiger partial charge in [0.15, 0.2) is 0 Å². The molecule has 0 amide bonds. The quantitative estimate of drug-likeness (QED) is 0.419. The van der Waals surface area contributed by atoms with Gasteiger partial charge in [-0.3, -0.25) is 13.7 Å². The topological polar surface area (TPSA) is 189 Å². The van der Waals surface area contributed by atoms with Crippen LogP contribution in [0.15, 0.2) is 39.0 Å². The molecule has 0 bridgehead atoms. The van der Waals surface area contributed by atoms with Crippen molar-refractivity contribution in [2.45, 2.75) is 14.7 Å². The van der Waals surface area contributed by atoms with Crippen LogP contribution in [0.2, 0.25) is 0 Å². The van der Waals surface area contributed by atoms with Crippen LogP contribution in [0, 0.1) is 0 Å². The highest BCUT2D eigenvalue weighted by atomic mass is 32.2. The molecule has 0 unspecified atom stereocenters. The van der Waals surface area contributed by atoms with Crippen LogP contribution in [0.25, 0.3) is 10.8 Å². The lowest BCUT2D eigenvalue weighted by molar-refractivity contribution is 0.479. The maximum atomic E-state index is 11.5. The molecule has 5 N–H and O–H groups in total. The van der Waals surface area contributed by atoms with E-state index in [1.807, 2.05) is 0 Å². The van der Waals surface area contributed by atoms with Crippen LogP contribution in [0.1, 0.15) is 0 Å². The first-order chi connectivity index (χ1) is 10.2. The second kappa shape index (κ2) is 5.12. The first kappa shape index (κ1) is 17.6. The van der Waals surface area contributed by atoms with Crippen molar-refractivity contribution in [1.29, 1.82) is 0 Å². The molecule has 0 atom stereocenters. The van der Waals surface area contributed by atoms with Gasteiger partial charge in [0.05, 0.1) is 5.69 Å². The van der Waals surface area contributed by atoms with E-state index in [4.69, 9.17) is 14.8 Å². The Kier molecular flexibility index (Phi) is 3.91. The third kappa shape index (κ3) is 3.15. The van der Waals surface area contributed by atoms with E-state index < -0.39 is 61.5 Å². The Labute approximate surface area is 130 Å². The highest BCUT2D eigenvalue weighted by molar-refractivity contribution is 7.87. The van der Waals surface area contributed by atoms with Gasteiger partial charge in [-0.1, -0.05) is 12.1 Å². The SMILES string of the molecule is Nc1c(S(=O)(=O)O)cc2c(S(=O)(=O)O)cccc2c1S(=O)(=O)O. The van der Waals surface area contributed by atoms with Crippen molar-refractivity contribution in [1.82, 2.24) is 0 Å². The van der Waals surface area contributed by atoms with Crippen molar-refractivity contribution < 1.29 is 38.9 Å². The summed E-state index contributed by atoms with van der Waals surface area (Å²) >= 11 is 0. The highest BCUT2D eigenvalue weighted by Crippen LogP contribution is 2.36. The van der Waals surface area contributed by atoms with Crippen molar-refractivity contribution in [2.75, 3.05) is 5.73 Å². The van der Waals surface area contributed by atoms with E-state index in [-0.39, 0.29) is 0 Å².